The molecule has 4 rings (SSSR count). The lowest BCUT2D eigenvalue weighted by Crippen LogP contribution is -2.43. The molecule has 0 saturated carbocycles. The van der Waals surface area contributed by atoms with E-state index in [1.807, 2.05) is 17.8 Å². The van der Waals surface area contributed by atoms with Crippen LogP contribution in [0.1, 0.15) is 17.5 Å². The second kappa shape index (κ2) is 7.32. The zero-order valence-electron chi connectivity index (χ0n) is 13.6. The van der Waals surface area contributed by atoms with E-state index in [1.165, 1.54) is 26.5 Å². The predicted octanol–water partition coefficient (Wildman–Crippen LogP) is 4.53. The van der Waals surface area contributed by atoms with Gasteiger partial charge in [-0.25, -0.2) is 0 Å². The van der Waals surface area contributed by atoms with Crippen molar-refractivity contribution in [3.05, 3.63) is 64.7 Å². The fourth-order valence-corrected chi connectivity index (χ4v) is 4.65. The summed E-state index contributed by atoms with van der Waals surface area (Å²) in [6.07, 6.45) is 3.47. The fourth-order valence-electron chi connectivity index (χ4n) is 3.39. The second-order valence-corrected chi connectivity index (χ2v) is 7.76. The Morgan fingerprint density at radius 3 is 2.71 bits per heavy atom. The van der Waals surface area contributed by atoms with Crippen LogP contribution < -0.4 is 5.32 Å². The molecule has 1 fully saturated rings. The van der Waals surface area contributed by atoms with E-state index in [1.54, 1.807) is 0 Å². The summed E-state index contributed by atoms with van der Waals surface area (Å²) < 4.78 is 0. The highest BCUT2D eigenvalue weighted by atomic mass is 35.5. The van der Waals surface area contributed by atoms with Crippen LogP contribution in [0.3, 0.4) is 0 Å². The average molecular weight is 357 g/mol. The lowest BCUT2D eigenvalue weighted by Gasteiger charge is -2.27. The lowest BCUT2D eigenvalue weighted by molar-refractivity contribution is 0.245. The highest BCUT2D eigenvalue weighted by Gasteiger charge is 2.20. The normalized spacial score (nSPS) is 19.1. The highest BCUT2D eigenvalue weighted by Crippen LogP contribution is 2.46. The van der Waals surface area contributed by atoms with Crippen molar-refractivity contribution in [2.24, 2.45) is 0 Å². The van der Waals surface area contributed by atoms with Crippen molar-refractivity contribution in [1.29, 1.82) is 0 Å². The first-order chi connectivity index (χ1) is 11.8. The Morgan fingerprint density at radius 2 is 1.83 bits per heavy atom. The maximum Gasteiger partial charge on any atom is 0.0412 e. The monoisotopic (exact) mass is 356 g/mol. The van der Waals surface area contributed by atoms with E-state index in [4.69, 9.17) is 11.6 Å². The SMILES string of the molecule is Clc1ccc2c(c1)/C(=C/CCN1CCNCC1)c1ccccc1S2. The molecule has 0 amide bonds. The fraction of sp³-hybridized carbons (Fsp3) is 0.300. The molecule has 0 unspecified atom stereocenters. The summed E-state index contributed by atoms with van der Waals surface area (Å²) in [6, 6.07) is 14.9. The van der Waals surface area contributed by atoms with Gasteiger partial charge in [-0.2, -0.15) is 0 Å². The Bertz CT molecular complexity index is 766. The summed E-state index contributed by atoms with van der Waals surface area (Å²) in [7, 11) is 0. The zero-order valence-corrected chi connectivity index (χ0v) is 15.2. The van der Waals surface area contributed by atoms with Gasteiger partial charge in [-0.3, -0.25) is 0 Å². The first kappa shape index (κ1) is 16.2. The predicted molar refractivity (Wildman–Crippen MR) is 103 cm³/mol. The van der Waals surface area contributed by atoms with Gasteiger partial charge in [-0.1, -0.05) is 47.6 Å². The van der Waals surface area contributed by atoms with Crippen molar-refractivity contribution >= 4 is 28.9 Å². The molecule has 0 spiro atoms. The van der Waals surface area contributed by atoms with E-state index in [2.05, 4.69) is 52.7 Å². The molecule has 0 radical (unpaired) electrons. The Kier molecular flexibility index (Phi) is 4.95. The summed E-state index contributed by atoms with van der Waals surface area (Å²) in [5, 5.41) is 4.22. The summed E-state index contributed by atoms with van der Waals surface area (Å²) in [6.45, 7) is 5.63. The highest BCUT2D eigenvalue weighted by molar-refractivity contribution is 7.99. The quantitative estimate of drug-likeness (QED) is 0.742. The number of nitrogens with zero attached hydrogens (tertiary/aromatic N) is 1. The summed E-state index contributed by atoms with van der Waals surface area (Å²) in [5.74, 6) is 0. The molecule has 1 N–H and O–H groups in total. The van der Waals surface area contributed by atoms with Gasteiger partial charge >= 0.3 is 0 Å². The van der Waals surface area contributed by atoms with Crippen molar-refractivity contribution in [2.45, 2.75) is 16.2 Å². The minimum Gasteiger partial charge on any atom is -0.314 e. The van der Waals surface area contributed by atoms with Gasteiger partial charge < -0.3 is 10.2 Å². The Balaban J connectivity index is 1.63. The molecular formula is C20H21ClN2S. The van der Waals surface area contributed by atoms with Crippen molar-refractivity contribution < 1.29 is 0 Å². The summed E-state index contributed by atoms with van der Waals surface area (Å²) in [5.41, 5.74) is 3.93. The molecule has 2 heterocycles. The standard InChI is InChI=1S/C20H21ClN2S/c21-15-7-8-20-18(14-15)16(17-4-1-2-6-19(17)24-20)5-3-11-23-12-9-22-10-13-23/h1-2,4-8,14,22H,3,9-13H2/b16-5+. The summed E-state index contributed by atoms with van der Waals surface area (Å²) in [4.78, 5) is 5.17. The number of nitrogens with one attached hydrogen (secondary N) is 1. The second-order valence-electron chi connectivity index (χ2n) is 6.24. The molecule has 24 heavy (non-hydrogen) atoms. The molecule has 0 atom stereocenters. The molecule has 2 aromatic carbocycles. The van der Waals surface area contributed by atoms with Gasteiger partial charge in [-0.05, 0) is 47.4 Å². The van der Waals surface area contributed by atoms with Crippen LogP contribution in [0.15, 0.2) is 58.3 Å². The molecule has 0 bridgehead atoms. The largest absolute Gasteiger partial charge is 0.314 e. The van der Waals surface area contributed by atoms with E-state index in [-0.39, 0.29) is 0 Å². The maximum atomic E-state index is 6.27. The van der Waals surface area contributed by atoms with E-state index < -0.39 is 0 Å². The number of rotatable bonds is 3. The number of piperazine rings is 1. The molecule has 2 aliphatic rings. The topological polar surface area (TPSA) is 15.3 Å². The van der Waals surface area contributed by atoms with E-state index >= 15 is 0 Å². The molecule has 0 aliphatic carbocycles. The molecule has 2 aliphatic heterocycles. The van der Waals surface area contributed by atoms with Crippen molar-refractivity contribution in [1.82, 2.24) is 10.2 Å². The van der Waals surface area contributed by atoms with Gasteiger partial charge in [0.1, 0.15) is 0 Å². The molecule has 1 saturated heterocycles. The zero-order chi connectivity index (χ0) is 16.4. The smallest absolute Gasteiger partial charge is 0.0412 e. The van der Waals surface area contributed by atoms with Crippen LogP contribution in [0.2, 0.25) is 5.02 Å². The molecule has 2 aromatic rings. The van der Waals surface area contributed by atoms with Crippen molar-refractivity contribution in [3.63, 3.8) is 0 Å². The molecule has 0 aromatic heterocycles. The maximum absolute atomic E-state index is 6.27. The van der Waals surface area contributed by atoms with Crippen LogP contribution >= 0.6 is 23.4 Å². The Hall–Kier alpha value is -1.26. The number of fused-ring (bicyclic) bond motifs is 2. The number of hydrogen-bond acceptors (Lipinski definition) is 3. The van der Waals surface area contributed by atoms with E-state index in [0.717, 1.165) is 44.2 Å². The van der Waals surface area contributed by atoms with Gasteiger partial charge in [0.05, 0.1) is 0 Å². The third-order valence-electron chi connectivity index (χ3n) is 4.63. The van der Waals surface area contributed by atoms with Crippen LogP contribution in [-0.4, -0.2) is 37.6 Å². The first-order valence-corrected chi connectivity index (χ1v) is 9.71. The van der Waals surface area contributed by atoms with Crippen LogP contribution in [0, 0.1) is 0 Å². The third kappa shape index (κ3) is 3.40. The van der Waals surface area contributed by atoms with Crippen molar-refractivity contribution in [3.8, 4) is 0 Å². The number of benzene rings is 2. The van der Waals surface area contributed by atoms with Crippen LogP contribution in [0.25, 0.3) is 5.57 Å². The van der Waals surface area contributed by atoms with Gasteiger partial charge in [0.25, 0.3) is 0 Å². The molecule has 4 heteroatoms. The van der Waals surface area contributed by atoms with Crippen LogP contribution in [0.5, 0.6) is 0 Å². The van der Waals surface area contributed by atoms with E-state index in [0.29, 0.717) is 0 Å². The van der Waals surface area contributed by atoms with Gasteiger partial charge in [0.2, 0.25) is 0 Å². The number of hydrogen-bond donors (Lipinski definition) is 1. The van der Waals surface area contributed by atoms with E-state index in [9.17, 15) is 0 Å². The van der Waals surface area contributed by atoms with Crippen LogP contribution in [0.4, 0.5) is 0 Å². The van der Waals surface area contributed by atoms with Gasteiger partial charge in [0, 0.05) is 47.5 Å². The average Bonchev–Trinajstić information content (AvgIpc) is 2.62. The van der Waals surface area contributed by atoms with Crippen molar-refractivity contribution in [2.75, 3.05) is 32.7 Å². The minimum atomic E-state index is 0.807. The summed E-state index contributed by atoms with van der Waals surface area (Å²) >= 11 is 8.11. The Labute approximate surface area is 152 Å². The minimum absolute atomic E-state index is 0.807. The lowest BCUT2D eigenvalue weighted by atomic mass is 9.96. The molecule has 2 nitrogen and oxygen atoms in total. The molecule has 124 valence electrons. The van der Waals surface area contributed by atoms with Gasteiger partial charge in [0.15, 0.2) is 0 Å². The van der Waals surface area contributed by atoms with Crippen LogP contribution in [-0.2, 0) is 0 Å². The number of halogens is 1. The first-order valence-electron chi connectivity index (χ1n) is 8.52. The Morgan fingerprint density at radius 1 is 1.04 bits per heavy atom. The third-order valence-corrected chi connectivity index (χ3v) is 6.02. The van der Waals surface area contributed by atoms with Gasteiger partial charge in [-0.15, -0.1) is 0 Å². The molecular weight excluding hydrogens is 336 g/mol.